The zero-order valence-electron chi connectivity index (χ0n) is 19.9. The van der Waals surface area contributed by atoms with Crippen molar-refractivity contribution in [3.8, 4) is 0 Å². The predicted octanol–water partition coefficient (Wildman–Crippen LogP) is 5.96. The number of halogens is 2. The molecule has 2 aliphatic heterocycles. The first-order valence-corrected chi connectivity index (χ1v) is 15.3. The van der Waals surface area contributed by atoms with E-state index in [2.05, 4.69) is 41.7 Å². The van der Waals surface area contributed by atoms with Crippen LogP contribution < -0.4 is 0 Å². The molecule has 2 saturated heterocycles. The smallest absolute Gasteiger partial charge is 0.0593 e. The van der Waals surface area contributed by atoms with Gasteiger partial charge in [-0.15, -0.1) is 0 Å². The lowest BCUT2D eigenvalue weighted by Crippen LogP contribution is -2.36. The average Bonchev–Trinajstić information content (AvgIpc) is 2.80. The molecule has 0 aromatic carbocycles. The molecule has 0 spiro atoms. The summed E-state index contributed by atoms with van der Waals surface area (Å²) in [5, 5.41) is 2.19. The molecule has 2 heterocycles. The predicted molar refractivity (Wildman–Crippen MR) is 140 cm³/mol. The number of hydrogen-bond donors (Lipinski definition) is 0. The van der Waals surface area contributed by atoms with Crippen molar-refractivity contribution in [2.24, 2.45) is 11.8 Å². The minimum atomic E-state index is 0.912. The lowest BCUT2D eigenvalue weighted by atomic mass is 9.87. The fourth-order valence-corrected chi connectivity index (χ4v) is 5.67. The maximum atomic E-state index is 5.77. The number of nitrogens with zero attached hydrogens (tertiary/aromatic N) is 2. The lowest BCUT2D eigenvalue weighted by Gasteiger charge is -2.33. The maximum Gasteiger partial charge on any atom is 0.0593 e. The fraction of sp³-hybridized carbons (Fsp3) is 1.00. The highest BCUT2D eigenvalue weighted by atomic mass is 79.9. The Morgan fingerprint density at radius 2 is 0.968 bits per heavy atom. The van der Waals surface area contributed by atoms with E-state index < -0.39 is 0 Å². The van der Waals surface area contributed by atoms with Crippen LogP contribution in [-0.4, -0.2) is 86.2 Å². The van der Waals surface area contributed by atoms with E-state index in [9.17, 15) is 0 Å². The molecule has 0 amide bonds. The van der Waals surface area contributed by atoms with Crippen LogP contribution in [-0.2, 0) is 9.47 Å². The molecule has 31 heavy (non-hydrogen) atoms. The van der Waals surface area contributed by atoms with Crippen LogP contribution in [0.5, 0.6) is 0 Å². The van der Waals surface area contributed by atoms with E-state index in [0.29, 0.717) is 0 Å². The van der Waals surface area contributed by atoms with Gasteiger partial charge in [-0.2, -0.15) is 0 Å². The number of ether oxygens (including phenoxy) is 2. The Kier molecular flexibility index (Phi) is 17.3. The summed E-state index contributed by atoms with van der Waals surface area (Å²) >= 11 is 6.95. The van der Waals surface area contributed by atoms with Crippen molar-refractivity contribution in [2.45, 2.75) is 70.6 Å². The maximum absolute atomic E-state index is 5.77. The Balaban J connectivity index is 1.39. The van der Waals surface area contributed by atoms with Crippen LogP contribution in [0, 0.1) is 11.8 Å². The summed E-state index contributed by atoms with van der Waals surface area (Å²) in [6.07, 6.45) is 14.8. The first-order chi connectivity index (χ1) is 15.3. The fourth-order valence-electron chi connectivity index (χ4n) is 4.88. The summed E-state index contributed by atoms with van der Waals surface area (Å²) in [6, 6.07) is 0. The summed E-state index contributed by atoms with van der Waals surface area (Å²) < 4.78 is 11.5. The highest BCUT2D eigenvalue weighted by Gasteiger charge is 2.21. The van der Waals surface area contributed by atoms with Gasteiger partial charge in [0.05, 0.1) is 13.2 Å². The second-order valence-electron chi connectivity index (χ2n) is 9.52. The first kappa shape index (κ1) is 28.0. The minimum Gasteiger partial charge on any atom is -0.380 e. The van der Waals surface area contributed by atoms with Gasteiger partial charge in [-0.3, -0.25) is 0 Å². The van der Waals surface area contributed by atoms with E-state index >= 15 is 0 Å². The van der Waals surface area contributed by atoms with Gasteiger partial charge in [-0.25, -0.2) is 0 Å². The van der Waals surface area contributed by atoms with E-state index in [-0.39, 0.29) is 0 Å². The SMILES string of the molecule is BrCCCCOCCN1CCC(CCCC2CCN(CCOCCCCBr)CC2)CC1. The van der Waals surface area contributed by atoms with E-state index in [1.807, 2.05) is 0 Å². The largest absolute Gasteiger partial charge is 0.380 e. The number of unbranched alkanes of at least 4 members (excludes halogenated alkanes) is 2. The van der Waals surface area contributed by atoms with Crippen LogP contribution in [0.3, 0.4) is 0 Å². The van der Waals surface area contributed by atoms with Crippen LogP contribution >= 0.6 is 31.9 Å². The summed E-state index contributed by atoms with van der Waals surface area (Å²) in [6.45, 7) is 11.1. The van der Waals surface area contributed by atoms with Gasteiger partial charge in [0.2, 0.25) is 0 Å². The van der Waals surface area contributed by atoms with E-state index in [1.165, 1.54) is 96.8 Å². The molecule has 0 aliphatic carbocycles. The molecule has 4 nitrogen and oxygen atoms in total. The van der Waals surface area contributed by atoms with Crippen molar-refractivity contribution >= 4 is 31.9 Å². The Hall–Kier alpha value is 0.800. The molecular formula is C25H48Br2N2O2. The Morgan fingerprint density at radius 1 is 0.548 bits per heavy atom. The zero-order chi connectivity index (χ0) is 22.0. The van der Waals surface area contributed by atoms with Gasteiger partial charge in [0, 0.05) is 37.0 Å². The van der Waals surface area contributed by atoms with Crippen LogP contribution in [0.2, 0.25) is 0 Å². The number of rotatable bonds is 18. The molecule has 0 saturated carbocycles. The summed E-state index contributed by atoms with van der Waals surface area (Å²) in [5.74, 6) is 1.94. The van der Waals surface area contributed by atoms with E-state index in [0.717, 1.165) is 62.0 Å². The summed E-state index contributed by atoms with van der Waals surface area (Å²) in [5.41, 5.74) is 0. The lowest BCUT2D eigenvalue weighted by molar-refractivity contribution is 0.0827. The quantitative estimate of drug-likeness (QED) is 0.151. The Labute approximate surface area is 209 Å². The first-order valence-electron chi connectivity index (χ1n) is 13.0. The molecule has 0 aromatic heterocycles. The second kappa shape index (κ2) is 19.1. The van der Waals surface area contributed by atoms with Gasteiger partial charge in [-0.05, 0) is 89.4 Å². The third kappa shape index (κ3) is 13.9. The van der Waals surface area contributed by atoms with Crippen LogP contribution in [0.4, 0.5) is 0 Å². The second-order valence-corrected chi connectivity index (χ2v) is 11.1. The van der Waals surface area contributed by atoms with Gasteiger partial charge in [0.15, 0.2) is 0 Å². The minimum absolute atomic E-state index is 0.912. The monoisotopic (exact) mass is 566 g/mol. The number of piperidine rings is 2. The molecule has 6 heteroatoms. The normalized spacial score (nSPS) is 19.9. The van der Waals surface area contributed by atoms with E-state index in [4.69, 9.17) is 9.47 Å². The zero-order valence-corrected chi connectivity index (χ0v) is 23.1. The van der Waals surface area contributed by atoms with Gasteiger partial charge in [0.25, 0.3) is 0 Å². The van der Waals surface area contributed by atoms with Crippen molar-refractivity contribution in [2.75, 3.05) is 76.4 Å². The molecule has 184 valence electrons. The standard InChI is InChI=1S/C25H48Br2N2O2/c26-12-1-3-20-30-22-18-28-14-8-24(9-15-28)6-5-7-25-10-16-29(17-11-25)19-23-31-21-4-2-13-27/h24-25H,1-23H2. The third-order valence-electron chi connectivity index (χ3n) is 7.09. The average molecular weight is 568 g/mol. The number of alkyl halides is 2. The molecule has 0 N–H and O–H groups in total. The molecule has 2 aliphatic rings. The molecule has 0 aromatic rings. The summed E-state index contributed by atoms with van der Waals surface area (Å²) in [7, 11) is 0. The van der Waals surface area contributed by atoms with Crippen LogP contribution in [0.15, 0.2) is 0 Å². The van der Waals surface area contributed by atoms with E-state index in [1.54, 1.807) is 0 Å². The van der Waals surface area contributed by atoms with Gasteiger partial charge in [-0.1, -0.05) is 51.1 Å². The third-order valence-corrected chi connectivity index (χ3v) is 8.21. The van der Waals surface area contributed by atoms with Crippen molar-refractivity contribution in [3.05, 3.63) is 0 Å². The van der Waals surface area contributed by atoms with Crippen molar-refractivity contribution in [1.82, 2.24) is 9.80 Å². The topological polar surface area (TPSA) is 24.9 Å². The van der Waals surface area contributed by atoms with Gasteiger partial charge >= 0.3 is 0 Å². The highest BCUT2D eigenvalue weighted by molar-refractivity contribution is 9.09. The highest BCUT2D eigenvalue weighted by Crippen LogP contribution is 2.27. The Morgan fingerprint density at radius 3 is 1.35 bits per heavy atom. The van der Waals surface area contributed by atoms with Crippen molar-refractivity contribution < 1.29 is 9.47 Å². The Bertz CT molecular complexity index is 365. The molecule has 2 rings (SSSR count). The molecule has 0 radical (unpaired) electrons. The number of likely N-dealkylation sites (tertiary alicyclic amines) is 2. The molecule has 0 atom stereocenters. The molecule has 0 unspecified atom stereocenters. The van der Waals surface area contributed by atoms with Crippen molar-refractivity contribution in [1.29, 1.82) is 0 Å². The molecular weight excluding hydrogens is 520 g/mol. The van der Waals surface area contributed by atoms with Crippen LogP contribution in [0.1, 0.15) is 70.6 Å². The van der Waals surface area contributed by atoms with Crippen molar-refractivity contribution in [3.63, 3.8) is 0 Å². The van der Waals surface area contributed by atoms with Gasteiger partial charge in [0.1, 0.15) is 0 Å². The number of hydrogen-bond acceptors (Lipinski definition) is 4. The molecule has 2 fully saturated rings. The van der Waals surface area contributed by atoms with Crippen LogP contribution in [0.25, 0.3) is 0 Å². The van der Waals surface area contributed by atoms with Gasteiger partial charge < -0.3 is 19.3 Å². The summed E-state index contributed by atoms with van der Waals surface area (Å²) in [4.78, 5) is 5.23. The molecule has 0 bridgehead atoms.